The average Bonchev–Trinajstić information content (AvgIpc) is 1.83. The number of rotatable bonds is 2. The number of esters is 1. The molecule has 0 N–H and O–H groups in total. The van der Waals surface area contributed by atoms with Crippen LogP contribution in [0.15, 0.2) is 0 Å². The van der Waals surface area contributed by atoms with Crippen LogP contribution in [0, 0.1) is 6.00 Å². The van der Waals surface area contributed by atoms with Crippen LogP contribution in [0.5, 0.6) is 0 Å². The van der Waals surface area contributed by atoms with Gasteiger partial charge in [0.05, 0.1) is 13.5 Å². The van der Waals surface area contributed by atoms with Gasteiger partial charge >= 0.3 is 5.97 Å². The minimum atomic E-state index is -0.178. The minimum absolute atomic E-state index is 0.178. The molecule has 0 bridgehead atoms. The summed E-state index contributed by atoms with van der Waals surface area (Å²) in [7, 11) is 1.73. The van der Waals surface area contributed by atoms with Crippen molar-refractivity contribution in [2.75, 3.05) is 7.11 Å². The summed E-state index contributed by atoms with van der Waals surface area (Å²) in [5, 5.41) is 0. The van der Waals surface area contributed by atoms with E-state index in [0.717, 1.165) is 6.04 Å². The predicted molar refractivity (Wildman–Crippen MR) is 32.1 cm³/mol. The van der Waals surface area contributed by atoms with Crippen LogP contribution in [0.25, 0.3) is 0 Å². The smallest absolute Gasteiger partial charge is 0.305 e. The molecule has 0 radical (unpaired) electrons. The molecule has 44 valence electrons. The lowest BCUT2D eigenvalue weighted by molar-refractivity contribution is -0.140. The Morgan fingerprint density at radius 1 is 1.88 bits per heavy atom. The molecule has 0 rings (SSSR count). The summed E-state index contributed by atoms with van der Waals surface area (Å²) in [6.45, 7) is 0. The van der Waals surface area contributed by atoms with Crippen molar-refractivity contribution in [1.29, 1.82) is 0 Å². The summed E-state index contributed by atoms with van der Waals surface area (Å²) in [4.78, 5) is 10.3. The standard InChI is InChI=1S/C5H8O2Si/c1-7-5(6)3-4-8-2/h2H,3-4H2,1H3. The van der Waals surface area contributed by atoms with Gasteiger partial charge in [0.15, 0.2) is 0 Å². The van der Waals surface area contributed by atoms with E-state index in [1.54, 1.807) is 0 Å². The third-order valence-corrected chi connectivity index (χ3v) is 1.24. The molecular weight excluding hydrogens is 120 g/mol. The number of hydrogen-bond acceptors (Lipinski definition) is 2. The molecule has 0 aromatic heterocycles. The van der Waals surface area contributed by atoms with Crippen molar-refractivity contribution in [3.05, 3.63) is 0 Å². The summed E-state index contributed by atoms with van der Waals surface area (Å²) in [5.41, 5.74) is 0. The van der Waals surface area contributed by atoms with Crippen LogP contribution in [0.1, 0.15) is 6.42 Å². The Morgan fingerprint density at radius 2 is 2.50 bits per heavy atom. The van der Waals surface area contributed by atoms with Crippen LogP contribution in [-0.4, -0.2) is 22.0 Å². The lowest BCUT2D eigenvalue weighted by atomic mass is 10.5. The first kappa shape index (κ1) is 7.47. The molecule has 0 fully saturated rings. The van der Waals surface area contributed by atoms with Crippen LogP contribution in [-0.2, 0) is 9.53 Å². The van der Waals surface area contributed by atoms with Crippen molar-refractivity contribution >= 4 is 14.9 Å². The average molecular weight is 128 g/mol. The molecule has 0 saturated heterocycles. The van der Waals surface area contributed by atoms with Gasteiger partial charge in [-0.2, -0.15) is 6.00 Å². The topological polar surface area (TPSA) is 26.3 Å². The fourth-order valence-electron chi connectivity index (χ4n) is 0.276. The van der Waals surface area contributed by atoms with Crippen molar-refractivity contribution < 1.29 is 9.53 Å². The van der Waals surface area contributed by atoms with Crippen molar-refractivity contribution in [3.8, 4) is 6.00 Å². The molecule has 0 aromatic rings. The first-order valence-electron chi connectivity index (χ1n) is 2.31. The van der Waals surface area contributed by atoms with Gasteiger partial charge in [-0.3, -0.25) is 4.79 Å². The van der Waals surface area contributed by atoms with Gasteiger partial charge in [-0.05, 0) is 15.0 Å². The zero-order valence-corrected chi connectivity index (χ0v) is 5.81. The fraction of sp³-hybridized carbons (Fsp3) is 0.600. The van der Waals surface area contributed by atoms with Crippen LogP contribution < -0.4 is 0 Å². The first-order valence-corrected chi connectivity index (χ1v) is 3.60. The summed E-state index contributed by atoms with van der Waals surface area (Å²) >= 11 is 0. The molecule has 0 aliphatic carbocycles. The van der Waals surface area contributed by atoms with Gasteiger partial charge in [0.2, 0.25) is 0 Å². The number of carbonyl (C=O) groups is 1. The Kier molecular flexibility index (Phi) is 4.31. The second-order valence-corrected chi connectivity index (χ2v) is 2.19. The molecule has 0 saturated carbocycles. The second kappa shape index (κ2) is 4.62. The highest BCUT2D eigenvalue weighted by Gasteiger charge is 1.94. The third-order valence-electron chi connectivity index (χ3n) is 0.701. The second-order valence-electron chi connectivity index (χ2n) is 1.28. The van der Waals surface area contributed by atoms with Gasteiger partial charge in [0, 0.05) is 0 Å². The van der Waals surface area contributed by atoms with E-state index >= 15 is 0 Å². The molecule has 0 aliphatic rings. The molecule has 8 heavy (non-hydrogen) atoms. The van der Waals surface area contributed by atoms with Crippen LogP contribution in [0.2, 0.25) is 6.04 Å². The van der Waals surface area contributed by atoms with Crippen LogP contribution >= 0.6 is 0 Å². The van der Waals surface area contributed by atoms with E-state index in [1.165, 1.54) is 7.11 Å². The zero-order chi connectivity index (χ0) is 6.41. The van der Waals surface area contributed by atoms with Gasteiger partial charge in [0.1, 0.15) is 0 Å². The maximum Gasteiger partial charge on any atom is 0.305 e. The van der Waals surface area contributed by atoms with Gasteiger partial charge < -0.3 is 4.74 Å². The third kappa shape index (κ3) is 3.65. The molecule has 0 spiro atoms. The number of carbonyl (C=O) groups excluding carboxylic acids is 1. The normalized spacial score (nSPS) is 7.50. The molecule has 0 aromatic carbocycles. The number of hydrogen-bond donors (Lipinski definition) is 0. The summed E-state index contributed by atoms with van der Waals surface area (Å²) in [5.74, 6) is -0.178. The molecule has 2 nitrogen and oxygen atoms in total. The zero-order valence-electron chi connectivity index (χ0n) is 4.81. The highest BCUT2D eigenvalue weighted by atomic mass is 28.2. The van der Waals surface area contributed by atoms with Crippen molar-refractivity contribution in [2.45, 2.75) is 12.5 Å². The quantitative estimate of drug-likeness (QED) is 0.394. The lowest BCUT2D eigenvalue weighted by Gasteiger charge is -1.90. The van der Waals surface area contributed by atoms with E-state index in [0.29, 0.717) is 15.4 Å². The Hall–Kier alpha value is -0.533. The number of ether oxygens (including phenoxy) is 1. The lowest BCUT2D eigenvalue weighted by Crippen LogP contribution is -1.98. The number of methoxy groups -OCH3 is 1. The van der Waals surface area contributed by atoms with Crippen molar-refractivity contribution in [2.24, 2.45) is 0 Å². The van der Waals surface area contributed by atoms with Crippen molar-refractivity contribution in [3.63, 3.8) is 0 Å². The molecule has 0 unspecified atom stereocenters. The molecule has 0 atom stereocenters. The van der Waals surface area contributed by atoms with Gasteiger partial charge in [-0.25, -0.2) is 0 Å². The van der Waals surface area contributed by atoms with Gasteiger partial charge in [0.25, 0.3) is 0 Å². The Labute approximate surface area is 50.9 Å². The van der Waals surface area contributed by atoms with E-state index in [-0.39, 0.29) is 5.97 Å². The van der Waals surface area contributed by atoms with E-state index < -0.39 is 0 Å². The van der Waals surface area contributed by atoms with E-state index in [9.17, 15) is 4.79 Å². The van der Waals surface area contributed by atoms with E-state index in [2.05, 4.69) is 4.74 Å². The molecule has 0 aliphatic heterocycles. The first-order chi connectivity index (χ1) is 3.81. The predicted octanol–water partition coefficient (Wildman–Crippen LogP) is 0.261. The van der Waals surface area contributed by atoms with Gasteiger partial charge in [-0.15, -0.1) is 0 Å². The molecule has 3 heteroatoms. The van der Waals surface area contributed by atoms with E-state index in [1.807, 2.05) is 0 Å². The minimum Gasteiger partial charge on any atom is -0.469 e. The maximum atomic E-state index is 10.3. The van der Waals surface area contributed by atoms with Crippen LogP contribution in [0.3, 0.4) is 0 Å². The Balaban J connectivity index is 3.15. The fourth-order valence-corrected chi connectivity index (χ4v) is 0.625. The molecular formula is C5H8O2Si. The highest BCUT2D eigenvalue weighted by molar-refractivity contribution is 6.22. The summed E-state index contributed by atoms with van der Waals surface area (Å²) in [6.07, 6.45) is 0.450. The Bertz CT molecular complexity index is 114. The van der Waals surface area contributed by atoms with Crippen LogP contribution in [0.4, 0.5) is 0 Å². The van der Waals surface area contributed by atoms with Gasteiger partial charge in [-0.1, -0.05) is 0 Å². The van der Waals surface area contributed by atoms with Crippen molar-refractivity contribution in [1.82, 2.24) is 0 Å². The molecule has 0 heterocycles. The summed E-state index contributed by atoms with van der Waals surface area (Å²) in [6, 6.07) is 5.89. The largest absolute Gasteiger partial charge is 0.469 e. The monoisotopic (exact) mass is 128 g/mol. The molecule has 0 amide bonds. The summed E-state index contributed by atoms with van der Waals surface area (Å²) < 4.78 is 4.36. The SMILES string of the molecule is C#[Si]CCC(=O)OC. The highest BCUT2D eigenvalue weighted by Crippen LogP contribution is 1.86. The maximum absolute atomic E-state index is 10.3. The Morgan fingerprint density at radius 3 is 2.88 bits per heavy atom. The van der Waals surface area contributed by atoms with E-state index in [4.69, 9.17) is 6.00 Å².